The molecule has 0 fully saturated rings. The quantitative estimate of drug-likeness (QED) is 0.768. The van der Waals surface area contributed by atoms with Crippen LogP contribution >= 0.6 is 11.6 Å². The first kappa shape index (κ1) is 13.9. The van der Waals surface area contributed by atoms with Crippen LogP contribution in [0.15, 0.2) is 54.7 Å². The molecule has 0 saturated heterocycles. The van der Waals surface area contributed by atoms with Crippen molar-refractivity contribution in [2.45, 2.75) is 13.1 Å². The molecule has 2 N–H and O–H groups in total. The van der Waals surface area contributed by atoms with Crippen LogP contribution in [0.4, 0.5) is 0 Å². The van der Waals surface area contributed by atoms with Crippen molar-refractivity contribution in [2.75, 3.05) is 0 Å². The van der Waals surface area contributed by atoms with Gasteiger partial charge in [-0.3, -0.25) is 4.98 Å². The Hall–Kier alpha value is -2.10. The largest absolute Gasteiger partial charge is 0.508 e. The molecule has 0 aliphatic rings. The highest BCUT2D eigenvalue weighted by Crippen LogP contribution is 2.24. The molecule has 0 aliphatic heterocycles. The van der Waals surface area contributed by atoms with E-state index in [4.69, 9.17) is 11.6 Å². The fraction of sp³-hybridized carbons (Fsp3) is 0.118. The second-order valence-corrected chi connectivity index (χ2v) is 5.28. The van der Waals surface area contributed by atoms with Gasteiger partial charge in [0.2, 0.25) is 0 Å². The Morgan fingerprint density at radius 3 is 2.62 bits per heavy atom. The number of phenols is 1. The van der Waals surface area contributed by atoms with E-state index < -0.39 is 0 Å². The highest BCUT2D eigenvalue weighted by atomic mass is 35.5. The van der Waals surface area contributed by atoms with Crippen molar-refractivity contribution in [1.82, 2.24) is 10.3 Å². The number of fused-ring (bicyclic) bond motifs is 1. The van der Waals surface area contributed by atoms with Gasteiger partial charge in [-0.2, -0.15) is 0 Å². The normalized spacial score (nSPS) is 10.9. The van der Waals surface area contributed by atoms with E-state index in [1.54, 1.807) is 18.3 Å². The van der Waals surface area contributed by atoms with E-state index in [1.807, 2.05) is 36.4 Å². The van der Waals surface area contributed by atoms with E-state index in [2.05, 4.69) is 10.3 Å². The number of aromatic nitrogens is 1. The first-order valence-electron chi connectivity index (χ1n) is 6.75. The van der Waals surface area contributed by atoms with Gasteiger partial charge in [-0.25, -0.2) is 0 Å². The molecule has 1 aromatic heterocycles. The summed E-state index contributed by atoms with van der Waals surface area (Å²) in [7, 11) is 0. The smallest absolute Gasteiger partial charge is 0.115 e. The predicted molar refractivity (Wildman–Crippen MR) is 85.4 cm³/mol. The van der Waals surface area contributed by atoms with Gasteiger partial charge in [0.05, 0.1) is 5.52 Å². The van der Waals surface area contributed by atoms with Gasteiger partial charge >= 0.3 is 0 Å². The van der Waals surface area contributed by atoms with Crippen LogP contribution in [0.1, 0.15) is 11.1 Å². The summed E-state index contributed by atoms with van der Waals surface area (Å²) in [6.07, 6.45) is 1.78. The molecule has 0 aliphatic carbocycles. The number of nitrogens with one attached hydrogen (secondary N) is 1. The number of benzene rings is 2. The van der Waals surface area contributed by atoms with E-state index in [1.165, 1.54) is 0 Å². The number of halogens is 1. The lowest BCUT2D eigenvalue weighted by Gasteiger charge is -2.09. The third-order valence-electron chi connectivity index (χ3n) is 3.38. The summed E-state index contributed by atoms with van der Waals surface area (Å²) in [4.78, 5) is 4.42. The number of hydrogen-bond donors (Lipinski definition) is 2. The van der Waals surface area contributed by atoms with Crippen molar-refractivity contribution in [3.8, 4) is 5.75 Å². The zero-order valence-corrected chi connectivity index (χ0v) is 12.1. The highest BCUT2D eigenvalue weighted by molar-refractivity contribution is 6.35. The minimum atomic E-state index is 0.284. The Kier molecular flexibility index (Phi) is 4.04. The predicted octanol–water partition coefficient (Wildman–Crippen LogP) is 3.88. The lowest BCUT2D eigenvalue weighted by atomic mass is 10.1. The summed E-state index contributed by atoms with van der Waals surface area (Å²) < 4.78 is 0. The molecule has 21 heavy (non-hydrogen) atoms. The number of pyridine rings is 1. The van der Waals surface area contributed by atoms with Gasteiger partial charge in [0.25, 0.3) is 0 Å². The molecule has 0 bridgehead atoms. The van der Waals surface area contributed by atoms with Crippen molar-refractivity contribution in [3.05, 3.63) is 70.9 Å². The average molecular weight is 299 g/mol. The summed E-state index contributed by atoms with van der Waals surface area (Å²) in [5, 5.41) is 14.3. The molecule has 3 aromatic rings. The molecule has 0 spiro atoms. The molecule has 4 heteroatoms. The summed E-state index contributed by atoms with van der Waals surface area (Å²) in [6.45, 7) is 1.45. The Labute approximate surface area is 128 Å². The zero-order valence-electron chi connectivity index (χ0n) is 11.4. The van der Waals surface area contributed by atoms with Gasteiger partial charge in [0.1, 0.15) is 5.75 Å². The van der Waals surface area contributed by atoms with Crippen molar-refractivity contribution in [1.29, 1.82) is 0 Å². The monoisotopic (exact) mass is 298 g/mol. The van der Waals surface area contributed by atoms with Gasteiger partial charge < -0.3 is 10.4 Å². The van der Waals surface area contributed by atoms with Gasteiger partial charge in [-0.05, 0) is 41.5 Å². The first-order valence-corrected chi connectivity index (χ1v) is 7.12. The molecule has 2 aromatic carbocycles. The summed E-state index contributed by atoms with van der Waals surface area (Å²) >= 11 is 6.19. The highest BCUT2D eigenvalue weighted by Gasteiger charge is 2.05. The maximum Gasteiger partial charge on any atom is 0.115 e. The average Bonchev–Trinajstić information content (AvgIpc) is 2.52. The third kappa shape index (κ3) is 3.15. The van der Waals surface area contributed by atoms with E-state index in [9.17, 15) is 5.11 Å². The number of hydrogen-bond acceptors (Lipinski definition) is 3. The molecule has 0 unspecified atom stereocenters. The van der Waals surface area contributed by atoms with Crippen LogP contribution in [0.25, 0.3) is 10.9 Å². The number of aromatic hydroxyl groups is 1. The lowest BCUT2D eigenvalue weighted by Crippen LogP contribution is -2.13. The Bertz CT molecular complexity index is 756. The van der Waals surface area contributed by atoms with Crippen LogP contribution in [0.5, 0.6) is 5.75 Å². The minimum Gasteiger partial charge on any atom is -0.508 e. The molecular formula is C17H15ClN2O. The number of nitrogens with zero attached hydrogens (tertiary/aromatic N) is 1. The number of rotatable bonds is 4. The fourth-order valence-electron chi connectivity index (χ4n) is 2.29. The Morgan fingerprint density at radius 2 is 1.81 bits per heavy atom. The lowest BCUT2D eigenvalue weighted by molar-refractivity contribution is 0.475. The molecule has 3 nitrogen and oxygen atoms in total. The van der Waals surface area contributed by atoms with E-state index in [-0.39, 0.29) is 5.75 Å². The molecular weight excluding hydrogens is 284 g/mol. The van der Waals surface area contributed by atoms with Crippen LogP contribution in [0.2, 0.25) is 5.02 Å². The summed E-state index contributed by atoms with van der Waals surface area (Å²) in [5.74, 6) is 0.284. The minimum absolute atomic E-state index is 0.284. The maximum absolute atomic E-state index is 9.26. The molecule has 106 valence electrons. The molecule has 0 atom stereocenters. The van der Waals surface area contributed by atoms with Gasteiger partial charge in [0, 0.05) is 29.7 Å². The van der Waals surface area contributed by atoms with Crippen molar-refractivity contribution in [3.63, 3.8) is 0 Å². The van der Waals surface area contributed by atoms with Crippen LogP contribution < -0.4 is 5.32 Å². The van der Waals surface area contributed by atoms with Crippen LogP contribution in [-0.2, 0) is 13.1 Å². The summed E-state index contributed by atoms with van der Waals surface area (Å²) in [6, 6.07) is 15.0. The Balaban J connectivity index is 1.74. The first-order chi connectivity index (χ1) is 10.2. The molecule has 0 radical (unpaired) electrons. The number of phenolic OH excluding ortho intramolecular Hbond substituents is 1. The topological polar surface area (TPSA) is 45.1 Å². The molecule has 0 amide bonds. The van der Waals surface area contributed by atoms with Crippen LogP contribution in [-0.4, -0.2) is 10.1 Å². The van der Waals surface area contributed by atoms with Crippen LogP contribution in [0, 0.1) is 0 Å². The third-order valence-corrected chi connectivity index (χ3v) is 3.71. The molecule has 3 rings (SSSR count). The van der Waals surface area contributed by atoms with Crippen molar-refractivity contribution in [2.24, 2.45) is 0 Å². The van der Waals surface area contributed by atoms with Crippen molar-refractivity contribution < 1.29 is 5.11 Å². The molecule has 0 saturated carbocycles. The van der Waals surface area contributed by atoms with E-state index in [0.717, 1.165) is 33.6 Å². The van der Waals surface area contributed by atoms with Gasteiger partial charge in [-0.1, -0.05) is 29.8 Å². The van der Waals surface area contributed by atoms with Crippen LogP contribution in [0.3, 0.4) is 0 Å². The van der Waals surface area contributed by atoms with E-state index in [0.29, 0.717) is 6.54 Å². The second kappa shape index (κ2) is 6.12. The van der Waals surface area contributed by atoms with Crippen molar-refractivity contribution >= 4 is 22.5 Å². The van der Waals surface area contributed by atoms with Gasteiger partial charge in [0.15, 0.2) is 0 Å². The zero-order chi connectivity index (χ0) is 14.7. The second-order valence-electron chi connectivity index (χ2n) is 4.88. The molecule has 1 heterocycles. The SMILES string of the molecule is Oc1ccc(CNCc2ccc(Cl)c3cccnc23)cc1. The summed E-state index contributed by atoms with van der Waals surface area (Å²) in [5.41, 5.74) is 3.18. The maximum atomic E-state index is 9.26. The standard InChI is InChI=1S/C17H15ClN2O/c18-16-8-5-13(17-15(16)2-1-9-20-17)11-19-10-12-3-6-14(21)7-4-12/h1-9,19,21H,10-11H2. The fourth-order valence-corrected chi connectivity index (χ4v) is 2.51. The van der Waals surface area contributed by atoms with Gasteiger partial charge in [-0.15, -0.1) is 0 Å². The van der Waals surface area contributed by atoms with E-state index >= 15 is 0 Å². The Morgan fingerprint density at radius 1 is 1.00 bits per heavy atom.